The minimum absolute atomic E-state index is 0.00188. The van der Waals surface area contributed by atoms with Crippen molar-refractivity contribution >= 4 is 11.9 Å². The zero-order valence-corrected chi connectivity index (χ0v) is 37.2. The molecular formula is C52H70F3NO5. The molecule has 2 N–H and O–H groups in total. The molecule has 0 aliphatic heterocycles. The number of Topliss-reactive ketones (excluding diaryl/α,β-unsaturated/α-hetero) is 1. The molecule has 334 valence electrons. The molecule has 1 amide bonds. The normalized spacial score (nSPS) is 46.8. The lowest BCUT2D eigenvalue weighted by Crippen LogP contribution is -2.67. The largest absolute Gasteiger partial charge is 0.446 e. The molecule has 6 nitrogen and oxygen atoms in total. The minimum Gasteiger partial charge on any atom is -0.446 e. The van der Waals surface area contributed by atoms with Crippen LogP contribution in [0.3, 0.4) is 0 Å². The van der Waals surface area contributed by atoms with Crippen molar-refractivity contribution in [2.45, 2.75) is 161 Å². The first-order chi connectivity index (χ1) is 28.7. The first-order valence-corrected chi connectivity index (χ1v) is 24.2. The number of carbonyl (C=O) groups excluding carboxylic acids is 2. The Labute approximate surface area is 361 Å². The molecular weight excluding hydrogens is 776 g/mol. The van der Waals surface area contributed by atoms with Crippen LogP contribution in [-0.2, 0) is 10.9 Å². The highest BCUT2D eigenvalue weighted by Crippen LogP contribution is 2.78. The maximum atomic E-state index is 15.1. The van der Waals surface area contributed by atoms with E-state index in [-0.39, 0.29) is 47.0 Å². The Bertz CT molecular complexity index is 1970. The van der Waals surface area contributed by atoms with Crippen LogP contribution in [-0.4, -0.2) is 57.9 Å². The highest BCUT2D eigenvalue weighted by Gasteiger charge is 2.75. The number of allylic oxidation sites excluding steroid dienone is 4. The summed E-state index contributed by atoms with van der Waals surface area (Å²) in [5.41, 5.74) is -3.95. The number of alkyl halides is 3. The smallest absolute Gasteiger partial charge is 0.416 e. The molecule has 0 heterocycles. The fourth-order valence-corrected chi connectivity index (χ4v) is 17.4. The van der Waals surface area contributed by atoms with E-state index >= 15 is 9.59 Å². The number of aliphatic hydroxyl groups excluding tert-OH is 1. The van der Waals surface area contributed by atoms with Gasteiger partial charge in [-0.05, 0) is 167 Å². The quantitative estimate of drug-likeness (QED) is 0.201. The standard InChI is InChI=1S/C52H70F3NO5/c1-31(2)39-10-9-32(3)19-41(39)61-45(59)56(29-48-24-33-20-34(25-48)22-35(21-33)26-48)30-50(60)16-13-43-47(50,5)15-12-42-46(4)14-11-38(57)27-49(46)17-18-51(42,43)40(28-49)44(58)36-7-6-8-37(23-36)52(53,54)55/h6-8,17-18,23,28,31-35,38-39,41-43,57,60H,9-16,19-22,24-27,29-30H2,1-5H3. The van der Waals surface area contributed by atoms with E-state index in [0.717, 1.165) is 63.5 Å². The Balaban J connectivity index is 1.02. The molecule has 11 unspecified atom stereocenters. The number of fused-ring (bicyclic) bond motifs is 1. The van der Waals surface area contributed by atoms with Gasteiger partial charge in [0.15, 0.2) is 5.78 Å². The predicted octanol–water partition coefficient (Wildman–Crippen LogP) is 11.6. The van der Waals surface area contributed by atoms with Crippen LogP contribution in [0.25, 0.3) is 0 Å². The summed E-state index contributed by atoms with van der Waals surface area (Å²) in [6.07, 6.45) is 15.7. The van der Waals surface area contributed by atoms with Crippen LogP contribution in [0.1, 0.15) is 153 Å². The van der Waals surface area contributed by atoms with Gasteiger partial charge >= 0.3 is 12.3 Å². The van der Waals surface area contributed by atoms with Crippen molar-refractivity contribution in [3.63, 3.8) is 0 Å². The van der Waals surface area contributed by atoms with Crippen LogP contribution >= 0.6 is 0 Å². The molecule has 11 atom stereocenters. The molecule has 11 aliphatic rings. The Hall–Kier alpha value is -2.65. The molecule has 2 spiro atoms. The third-order valence-corrected chi connectivity index (χ3v) is 20.0. The zero-order valence-electron chi connectivity index (χ0n) is 37.2. The molecule has 9 heteroatoms. The van der Waals surface area contributed by atoms with Gasteiger partial charge in [-0.3, -0.25) is 4.79 Å². The van der Waals surface area contributed by atoms with E-state index in [9.17, 15) is 23.4 Å². The van der Waals surface area contributed by atoms with E-state index in [1.807, 2.05) is 4.90 Å². The number of nitrogens with zero attached hydrogens (tertiary/aromatic N) is 1. The van der Waals surface area contributed by atoms with Crippen molar-refractivity contribution in [1.82, 2.24) is 4.90 Å². The Morgan fingerprint density at radius 3 is 2.18 bits per heavy atom. The second-order valence-corrected chi connectivity index (χ2v) is 23.7. The van der Waals surface area contributed by atoms with Gasteiger partial charge in [-0.2, -0.15) is 13.2 Å². The van der Waals surface area contributed by atoms with Gasteiger partial charge < -0.3 is 19.8 Å². The number of benzene rings is 1. The van der Waals surface area contributed by atoms with Crippen molar-refractivity contribution in [2.75, 3.05) is 13.1 Å². The second kappa shape index (κ2) is 14.2. The molecule has 0 radical (unpaired) electrons. The van der Waals surface area contributed by atoms with E-state index in [4.69, 9.17) is 4.74 Å². The molecule has 1 aromatic rings. The molecule has 0 aromatic heterocycles. The Kier molecular flexibility index (Phi) is 9.83. The van der Waals surface area contributed by atoms with Crippen LogP contribution < -0.4 is 0 Å². The van der Waals surface area contributed by atoms with E-state index in [2.05, 4.69) is 52.8 Å². The average molecular weight is 846 g/mol. The van der Waals surface area contributed by atoms with Crippen molar-refractivity contribution in [2.24, 2.45) is 74.4 Å². The number of ether oxygens (including phenoxy) is 1. The first kappa shape index (κ1) is 42.3. The monoisotopic (exact) mass is 846 g/mol. The van der Waals surface area contributed by atoms with Gasteiger partial charge in [0, 0.05) is 33.9 Å². The molecule has 11 aliphatic carbocycles. The predicted molar refractivity (Wildman–Crippen MR) is 228 cm³/mol. The number of aliphatic hydroxyl groups is 2. The highest BCUT2D eigenvalue weighted by molar-refractivity contribution is 6.10. The van der Waals surface area contributed by atoms with Gasteiger partial charge in [0.25, 0.3) is 0 Å². The maximum absolute atomic E-state index is 15.1. The van der Waals surface area contributed by atoms with Gasteiger partial charge in [-0.15, -0.1) is 0 Å². The molecule has 8 saturated carbocycles. The number of halogens is 3. The highest BCUT2D eigenvalue weighted by atomic mass is 19.4. The van der Waals surface area contributed by atoms with Crippen LogP contribution in [0.5, 0.6) is 0 Å². The third kappa shape index (κ3) is 6.35. The summed E-state index contributed by atoms with van der Waals surface area (Å²) in [5, 5.41) is 24.7. The van der Waals surface area contributed by atoms with Crippen LogP contribution in [0, 0.1) is 74.4 Å². The lowest BCUT2D eigenvalue weighted by molar-refractivity contribution is -0.177. The number of hydrogen-bond donors (Lipinski definition) is 2. The minimum atomic E-state index is -4.60. The van der Waals surface area contributed by atoms with E-state index in [0.29, 0.717) is 79.7 Å². The van der Waals surface area contributed by atoms with Gasteiger partial charge in [0.1, 0.15) is 6.10 Å². The van der Waals surface area contributed by atoms with Crippen molar-refractivity contribution in [3.05, 3.63) is 59.2 Å². The molecule has 0 saturated heterocycles. The van der Waals surface area contributed by atoms with E-state index in [1.54, 1.807) is 0 Å². The summed E-state index contributed by atoms with van der Waals surface area (Å²) in [7, 11) is 0. The van der Waals surface area contributed by atoms with Gasteiger partial charge in [0.2, 0.25) is 0 Å². The summed E-state index contributed by atoms with van der Waals surface area (Å²) in [5.74, 6) is 2.70. The Morgan fingerprint density at radius 2 is 1.51 bits per heavy atom. The second-order valence-electron chi connectivity index (χ2n) is 23.7. The first-order valence-electron chi connectivity index (χ1n) is 24.2. The van der Waals surface area contributed by atoms with Crippen LogP contribution in [0.2, 0.25) is 0 Å². The maximum Gasteiger partial charge on any atom is 0.416 e. The third-order valence-electron chi connectivity index (χ3n) is 20.0. The molecule has 8 fully saturated rings. The van der Waals surface area contributed by atoms with Crippen LogP contribution in [0.15, 0.2) is 48.1 Å². The number of hydrogen-bond acceptors (Lipinski definition) is 5. The van der Waals surface area contributed by atoms with Crippen molar-refractivity contribution in [1.29, 1.82) is 0 Å². The Morgan fingerprint density at radius 1 is 0.852 bits per heavy atom. The van der Waals surface area contributed by atoms with Gasteiger partial charge in [0.05, 0.1) is 23.8 Å². The van der Waals surface area contributed by atoms with Gasteiger partial charge in [-0.1, -0.05) is 71.4 Å². The summed E-state index contributed by atoms with van der Waals surface area (Å²) in [6.45, 7) is 12.0. The fraction of sp³-hybridized carbons (Fsp3) is 0.769. The van der Waals surface area contributed by atoms with Crippen LogP contribution in [0.4, 0.5) is 18.0 Å². The molecule has 12 rings (SSSR count). The molecule has 1 aromatic carbocycles. The number of carbonyl (C=O) groups is 2. The lowest BCUT2D eigenvalue weighted by atomic mass is 9.32. The van der Waals surface area contributed by atoms with Crippen molar-refractivity contribution < 1.29 is 37.7 Å². The summed E-state index contributed by atoms with van der Waals surface area (Å²) < 4.78 is 49.0. The fourth-order valence-electron chi connectivity index (χ4n) is 17.4. The number of amides is 1. The molecule has 6 bridgehead atoms. The zero-order chi connectivity index (χ0) is 43.1. The SMILES string of the molecule is CC1CCC(C(C)C)C(OC(=O)N(CC23CC4CC(CC(C4)C2)C3)CC2(O)CCC3C45C=CC6(C=C4C(=O)c4cccc(C(F)(F)F)c4)CC(O)CCC6(C)C5CCC32C)C1. The van der Waals surface area contributed by atoms with E-state index < -0.39 is 45.5 Å². The average Bonchev–Trinajstić information content (AvgIpc) is 3.46. The number of rotatable bonds is 8. The lowest BCUT2D eigenvalue weighted by Gasteiger charge is -2.71. The van der Waals surface area contributed by atoms with E-state index in [1.165, 1.54) is 31.4 Å². The summed E-state index contributed by atoms with van der Waals surface area (Å²) in [4.78, 5) is 32.0. The summed E-state index contributed by atoms with van der Waals surface area (Å²) >= 11 is 0. The topological polar surface area (TPSA) is 87.1 Å². The number of ketones is 1. The van der Waals surface area contributed by atoms with Gasteiger partial charge in [-0.25, -0.2) is 4.79 Å². The van der Waals surface area contributed by atoms with Crippen molar-refractivity contribution in [3.8, 4) is 0 Å². The molecule has 61 heavy (non-hydrogen) atoms. The summed E-state index contributed by atoms with van der Waals surface area (Å²) in [6, 6.07) is 4.83.